The molecule has 0 aromatic heterocycles. The van der Waals surface area contributed by atoms with E-state index in [4.69, 9.17) is 14.2 Å². The maximum absolute atomic E-state index is 9.31. The highest BCUT2D eigenvalue weighted by Gasteiger charge is 2.21. The highest BCUT2D eigenvalue weighted by Crippen LogP contribution is 2.26. The molecule has 1 N–H and O–H groups in total. The summed E-state index contributed by atoms with van der Waals surface area (Å²) < 4.78 is 16.7. The first kappa shape index (κ1) is 15.1. The second kappa shape index (κ2) is 8.09. The fourth-order valence-corrected chi connectivity index (χ4v) is 2.27. The van der Waals surface area contributed by atoms with Crippen LogP contribution in [0.4, 0.5) is 0 Å². The fraction of sp³-hybridized carbons (Fsp3) is 0.600. The third-order valence-corrected chi connectivity index (χ3v) is 3.35. The third-order valence-electron chi connectivity index (χ3n) is 3.35. The Hall–Kier alpha value is -1.30. The molecule has 1 saturated heterocycles. The van der Waals surface area contributed by atoms with Crippen LogP contribution in [0.1, 0.15) is 6.92 Å². The minimum atomic E-state index is 0.0782. The number of benzene rings is 1. The lowest BCUT2D eigenvalue weighted by atomic mass is 10.2. The molecule has 0 bridgehead atoms. The number of morpholine rings is 1. The molecule has 20 heavy (non-hydrogen) atoms. The topological polar surface area (TPSA) is 51.2 Å². The van der Waals surface area contributed by atoms with Crippen molar-refractivity contribution in [3.63, 3.8) is 0 Å². The Labute approximate surface area is 120 Å². The van der Waals surface area contributed by atoms with Crippen molar-refractivity contribution in [1.82, 2.24) is 4.90 Å². The van der Waals surface area contributed by atoms with Crippen molar-refractivity contribution >= 4 is 0 Å². The van der Waals surface area contributed by atoms with Crippen LogP contribution in [0.25, 0.3) is 0 Å². The van der Waals surface area contributed by atoms with Gasteiger partial charge in [-0.05, 0) is 19.1 Å². The first-order chi connectivity index (χ1) is 9.85. The Kier molecular flexibility index (Phi) is 6.11. The van der Waals surface area contributed by atoms with Gasteiger partial charge in [-0.25, -0.2) is 0 Å². The molecule has 1 heterocycles. The molecule has 0 saturated carbocycles. The average molecular weight is 281 g/mol. The van der Waals surface area contributed by atoms with Crippen molar-refractivity contribution in [2.24, 2.45) is 0 Å². The number of hydrogen-bond donors (Lipinski definition) is 1. The van der Waals surface area contributed by atoms with Crippen molar-refractivity contribution in [2.75, 3.05) is 46.1 Å². The van der Waals surface area contributed by atoms with Gasteiger partial charge in [0.15, 0.2) is 11.5 Å². The molecule has 1 atom stereocenters. The first-order valence-corrected chi connectivity index (χ1v) is 7.12. The second-order valence-corrected chi connectivity index (χ2v) is 4.68. The molecule has 0 amide bonds. The predicted octanol–water partition coefficient (Wildman–Crippen LogP) is 1.16. The van der Waals surface area contributed by atoms with Crippen molar-refractivity contribution in [3.8, 4) is 11.5 Å². The fourth-order valence-electron chi connectivity index (χ4n) is 2.27. The number of rotatable bonds is 7. The molecule has 1 aliphatic rings. The SMILES string of the molecule is CCOc1ccccc1OCCN1CCOCC1CO. The normalized spacial score (nSPS) is 19.8. The smallest absolute Gasteiger partial charge is 0.161 e. The highest BCUT2D eigenvalue weighted by atomic mass is 16.5. The second-order valence-electron chi connectivity index (χ2n) is 4.68. The lowest BCUT2D eigenvalue weighted by Gasteiger charge is -2.34. The van der Waals surface area contributed by atoms with Gasteiger partial charge in [0.1, 0.15) is 6.61 Å². The lowest BCUT2D eigenvalue weighted by Crippen LogP contribution is -2.48. The molecule has 1 aliphatic heterocycles. The molecule has 0 spiro atoms. The molecule has 0 radical (unpaired) electrons. The van der Waals surface area contributed by atoms with Crippen LogP contribution in [0, 0.1) is 0 Å². The molecule has 1 fully saturated rings. The van der Waals surface area contributed by atoms with Crippen LogP contribution in [0.5, 0.6) is 11.5 Å². The highest BCUT2D eigenvalue weighted by molar-refractivity contribution is 5.39. The van der Waals surface area contributed by atoms with E-state index in [9.17, 15) is 5.11 Å². The summed E-state index contributed by atoms with van der Waals surface area (Å²) in [5.74, 6) is 1.54. The van der Waals surface area contributed by atoms with E-state index in [-0.39, 0.29) is 12.6 Å². The van der Waals surface area contributed by atoms with Crippen LogP contribution < -0.4 is 9.47 Å². The summed E-state index contributed by atoms with van der Waals surface area (Å²) in [6, 6.07) is 7.76. The van der Waals surface area contributed by atoms with Gasteiger partial charge in [-0.1, -0.05) is 12.1 Å². The van der Waals surface area contributed by atoms with E-state index < -0.39 is 0 Å². The number of ether oxygens (including phenoxy) is 3. The van der Waals surface area contributed by atoms with Crippen molar-refractivity contribution in [2.45, 2.75) is 13.0 Å². The minimum Gasteiger partial charge on any atom is -0.490 e. The quantitative estimate of drug-likeness (QED) is 0.813. The van der Waals surface area contributed by atoms with Crippen LogP contribution in [-0.4, -0.2) is 62.2 Å². The van der Waals surface area contributed by atoms with Gasteiger partial charge < -0.3 is 19.3 Å². The van der Waals surface area contributed by atoms with Gasteiger partial charge in [0.2, 0.25) is 0 Å². The molecule has 1 aromatic carbocycles. The zero-order chi connectivity index (χ0) is 14.2. The Morgan fingerprint density at radius 3 is 2.75 bits per heavy atom. The summed E-state index contributed by atoms with van der Waals surface area (Å²) in [6.07, 6.45) is 0. The zero-order valence-corrected chi connectivity index (χ0v) is 12.0. The number of aliphatic hydroxyl groups is 1. The largest absolute Gasteiger partial charge is 0.490 e. The molecule has 1 unspecified atom stereocenters. The molecule has 2 rings (SSSR count). The lowest BCUT2D eigenvalue weighted by molar-refractivity contribution is -0.0313. The van der Waals surface area contributed by atoms with Gasteiger partial charge in [-0.2, -0.15) is 0 Å². The average Bonchev–Trinajstić information content (AvgIpc) is 2.50. The van der Waals surface area contributed by atoms with Crippen LogP contribution >= 0.6 is 0 Å². The predicted molar refractivity (Wildman–Crippen MR) is 76.4 cm³/mol. The molecular weight excluding hydrogens is 258 g/mol. The summed E-state index contributed by atoms with van der Waals surface area (Å²) >= 11 is 0. The number of para-hydroxylation sites is 2. The molecule has 1 aromatic rings. The summed E-state index contributed by atoms with van der Waals surface area (Å²) in [7, 11) is 0. The van der Waals surface area contributed by atoms with Gasteiger partial charge >= 0.3 is 0 Å². The third kappa shape index (κ3) is 4.10. The molecule has 5 heteroatoms. The van der Waals surface area contributed by atoms with Gasteiger partial charge in [0, 0.05) is 13.1 Å². The number of hydrogen-bond acceptors (Lipinski definition) is 5. The Morgan fingerprint density at radius 1 is 1.30 bits per heavy atom. The summed E-state index contributed by atoms with van der Waals surface area (Å²) in [5, 5.41) is 9.31. The maximum atomic E-state index is 9.31. The Balaban J connectivity index is 1.83. The number of aliphatic hydroxyl groups excluding tert-OH is 1. The van der Waals surface area contributed by atoms with E-state index in [0.717, 1.165) is 24.6 Å². The van der Waals surface area contributed by atoms with E-state index in [0.29, 0.717) is 26.4 Å². The van der Waals surface area contributed by atoms with Crippen LogP contribution in [0.2, 0.25) is 0 Å². The van der Waals surface area contributed by atoms with Crippen molar-refractivity contribution < 1.29 is 19.3 Å². The van der Waals surface area contributed by atoms with Gasteiger partial charge in [-0.3, -0.25) is 4.90 Å². The standard InChI is InChI=1S/C15H23NO4/c1-2-19-14-5-3-4-6-15(14)20-10-8-16-7-9-18-12-13(16)11-17/h3-6,13,17H,2,7-12H2,1H3. The van der Waals surface area contributed by atoms with E-state index in [1.165, 1.54) is 0 Å². The summed E-state index contributed by atoms with van der Waals surface area (Å²) in [6.45, 7) is 6.18. The van der Waals surface area contributed by atoms with Gasteiger partial charge in [0.25, 0.3) is 0 Å². The van der Waals surface area contributed by atoms with Crippen LogP contribution in [-0.2, 0) is 4.74 Å². The van der Waals surface area contributed by atoms with Crippen molar-refractivity contribution in [1.29, 1.82) is 0 Å². The molecular formula is C15H23NO4. The van der Waals surface area contributed by atoms with E-state index in [2.05, 4.69) is 4.90 Å². The maximum Gasteiger partial charge on any atom is 0.161 e. The van der Waals surface area contributed by atoms with E-state index in [1.807, 2.05) is 31.2 Å². The van der Waals surface area contributed by atoms with E-state index >= 15 is 0 Å². The van der Waals surface area contributed by atoms with Crippen molar-refractivity contribution in [3.05, 3.63) is 24.3 Å². The Bertz CT molecular complexity index is 399. The summed E-state index contributed by atoms with van der Waals surface area (Å²) in [5.41, 5.74) is 0. The molecule has 112 valence electrons. The molecule has 0 aliphatic carbocycles. The number of nitrogens with zero attached hydrogens (tertiary/aromatic N) is 1. The van der Waals surface area contributed by atoms with Crippen LogP contribution in [0.15, 0.2) is 24.3 Å². The summed E-state index contributed by atoms with van der Waals surface area (Å²) in [4.78, 5) is 2.20. The zero-order valence-electron chi connectivity index (χ0n) is 12.0. The van der Waals surface area contributed by atoms with E-state index in [1.54, 1.807) is 0 Å². The monoisotopic (exact) mass is 281 g/mol. The molecule has 5 nitrogen and oxygen atoms in total. The first-order valence-electron chi connectivity index (χ1n) is 7.12. The minimum absolute atomic E-state index is 0.0782. The van der Waals surface area contributed by atoms with Gasteiger partial charge in [-0.15, -0.1) is 0 Å². The Morgan fingerprint density at radius 2 is 2.05 bits per heavy atom. The van der Waals surface area contributed by atoms with Gasteiger partial charge in [0.05, 0.1) is 32.5 Å². The van der Waals surface area contributed by atoms with Crippen LogP contribution in [0.3, 0.4) is 0 Å².